The van der Waals surface area contributed by atoms with Crippen LogP contribution in [-0.4, -0.2) is 11.6 Å². The van der Waals surface area contributed by atoms with Crippen molar-refractivity contribution in [1.29, 1.82) is 0 Å². The van der Waals surface area contributed by atoms with Crippen molar-refractivity contribution in [2.45, 2.75) is 50.7 Å². The van der Waals surface area contributed by atoms with Crippen molar-refractivity contribution in [3.05, 3.63) is 15.6 Å². The van der Waals surface area contributed by atoms with E-state index in [0.717, 1.165) is 43.0 Å². The van der Waals surface area contributed by atoms with E-state index in [4.69, 9.17) is 15.5 Å². The standard InChI is InChI=1S/C12H18N2OS/c1-12(6-3-7-15-12)11-14-10-8(13)4-2-5-9(10)16-11/h8H,2-7,13H2,1H3. The van der Waals surface area contributed by atoms with E-state index in [1.165, 1.54) is 11.3 Å². The van der Waals surface area contributed by atoms with E-state index in [1.54, 1.807) is 0 Å². The number of aromatic nitrogens is 1. The minimum Gasteiger partial charge on any atom is -0.368 e. The van der Waals surface area contributed by atoms with Gasteiger partial charge in [-0.2, -0.15) is 0 Å². The Labute approximate surface area is 100 Å². The van der Waals surface area contributed by atoms with Crippen LogP contribution in [0.15, 0.2) is 0 Å². The van der Waals surface area contributed by atoms with Crippen LogP contribution in [0.1, 0.15) is 54.2 Å². The minimum absolute atomic E-state index is 0.137. The summed E-state index contributed by atoms with van der Waals surface area (Å²) in [5.41, 5.74) is 7.11. The third-order valence-electron chi connectivity index (χ3n) is 3.67. The average Bonchev–Trinajstić information content (AvgIpc) is 2.85. The third kappa shape index (κ3) is 1.60. The summed E-state index contributed by atoms with van der Waals surface area (Å²) in [6, 6.07) is 0.152. The van der Waals surface area contributed by atoms with Gasteiger partial charge in [-0.15, -0.1) is 11.3 Å². The second-order valence-corrected chi connectivity index (χ2v) is 6.09. The molecule has 3 nitrogen and oxygen atoms in total. The largest absolute Gasteiger partial charge is 0.368 e. The molecule has 2 heterocycles. The molecule has 1 aromatic rings. The summed E-state index contributed by atoms with van der Waals surface area (Å²) in [6.45, 7) is 3.03. The molecule has 2 N–H and O–H groups in total. The Bertz CT molecular complexity index is 396. The molecule has 1 aliphatic carbocycles. The van der Waals surface area contributed by atoms with Crippen molar-refractivity contribution in [3.8, 4) is 0 Å². The van der Waals surface area contributed by atoms with E-state index in [2.05, 4.69) is 6.92 Å². The first kappa shape index (κ1) is 10.7. The van der Waals surface area contributed by atoms with Crippen molar-refractivity contribution in [1.82, 2.24) is 4.98 Å². The van der Waals surface area contributed by atoms with E-state index in [0.29, 0.717) is 0 Å². The van der Waals surface area contributed by atoms with Gasteiger partial charge in [-0.1, -0.05) is 0 Å². The van der Waals surface area contributed by atoms with Gasteiger partial charge in [0, 0.05) is 17.5 Å². The van der Waals surface area contributed by atoms with Crippen LogP contribution in [0.3, 0.4) is 0 Å². The summed E-state index contributed by atoms with van der Waals surface area (Å²) in [5.74, 6) is 0. The van der Waals surface area contributed by atoms with Gasteiger partial charge in [-0.25, -0.2) is 4.98 Å². The molecule has 1 aliphatic heterocycles. The molecule has 1 saturated heterocycles. The Balaban J connectivity index is 1.97. The highest BCUT2D eigenvalue weighted by Crippen LogP contribution is 2.41. The van der Waals surface area contributed by atoms with E-state index in [-0.39, 0.29) is 11.6 Å². The average molecular weight is 238 g/mol. The SMILES string of the molecule is CC1(c2nc3c(s2)CCCC3N)CCCO1. The molecule has 88 valence electrons. The molecule has 0 amide bonds. The maximum Gasteiger partial charge on any atom is 0.125 e. The summed E-state index contributed by atoms with van der Waals surface area (Å²) in [4.78, 5) is 6.15. The number of ether oxygens (including phenoxy) is 1. The number of nitrogens with two attached hydrogens (primary N) is 1. The number of hydrogen-bond acceptors (Lipinski definition) is 4. The molecule has 2 aliphatic rings. The topological polar surface area (TPSA) is 48.1 Å². The van der Waals surface area contributed by atoms with Crippen LogP contribution in [0.5, 0.6) is 0 Å². The van der Waals surface area contributed by atoms with Gasteiger partial charge in [-0.3, -0.25) is 0 Å². The lowest BCUT2D eigenvalue weighted by Crippen LogP contribution is -2.20. The Hall–Kier alpha value is -0.450. The van der Waals surface area contributed by atoms with Crippen LogP contribution >= 0.6 is 11.3 Å². The van der Waals surface area contributed by atoms with Crippen molar-refractivity contribution in [2.75, 3.05) is 6.61 Å². The summed E-state index contributed by atoms with van der Waals surface area (Å²) in [5, 5.41) is 1.15. The maximum absolute atomic E-state index is 6.10. The predicted octanol–water partition coefficient (Wildman–Crippen LogP) is 2.50. The number of fused-ring (bicyclic) bond motifs is 1. The summed E-state index contributed by atoms with van der Waals surface area (Å²) in [6.07, 6.45) is 5.67. The first-order valence-corrected chi connectivity index (χ1v) is 6.90. The van der Waals surface area contributed by atoms with Gasteiger partial charge in [0.2, 0.25) is 0 Å². The third-order valence-corrected chi connectivity index (χ3v) is 5.05. The second-order valence-electron chi connectivity index (χ2n) is 5.01. The Kier molecular flexibility index (Phi) is 2.53. The van der Waals surface area contributed by atoms with Crippen LogP contribution in [0, 0.1) is 0 Å². The zero-order valence-electron chi connectivity index (χ0n) is 9.66. The first-order valence-electron chi connectivity index (χ1n) is 6.09. The second kappa shape index (κ2) is 3.79. The van der Waals surface area contributed by atoms with Crippen LogP contribution in [0.4, 0.5) is 0 Å². The van der Waals surface area contributed by atoms with E-state index >= 15 is 0 Å². The Morgan fingerprint density at radius 3 is 3.06 bits per heavy atom. The first-order chi connectivity index (χ1) is 7.69. The van der Waals surface area contributed by atoms with Crippen molar-refractivity contribution in [3.63, 3.8) is 0 Å². The number of hydrogen-bond donors (Lipinski definition) is 1. The van der Waals surface area contributed by atoms with Gasteiger partial charge < -0.3 is 10.5 Å². The molecule has 0 aromatic carbocycles. The number of aryl methyl sites for hydroxylation is 1. The Morgan fingerprint density at radius 1 is 1.50 bits per heavy atom. The normalized spacial score (nSPS) is 34.0. The van der Waals surface area contributed by atoms with Gasteiger partial charge in [0.15, 0.2) is 0 Å². The van der Waals surface area contributed by atoms with E-state index in [1.807, 2.05) is 11.3 Å². The fourth-order valence-corrected chi connectivity index (χ4v) is 3.93. The van der Waals surface area contributed by atoms with Gasteiger partial charge in [0.25, 0.3) is 0 Å². The van der Waals surface area contributed by atoms with Crippen LogP contribution in [0.2, 0.25) is 0 Å². The highest BCUT2D eigenvalue weighted by molar-refractivity contribution is 7.11. The van der Waals surface area contributed by atoms with E-state index in [9.17, 15) is 0 Å². The van der Waals surface area contributed by atoms with Crippen LogP contribution in [0.25, 0.3) is 0 Å². The van der Waals surface area contributed by atoms with Crippen molar-refractivity contribution >= 4 is 11.3 Å². The number of rotatable bonds is 1. The molecule has 4 heteroatoms. The number of thiazole rings is 1. The van der Waals surface area contributed by atoms with Gasteiger partial charge in [0.1, 0.15) is 10.6 Å². The molecule has 3 rings (SSSR count). The number of nitrogens with zero attached hydrogens (tertiary/aromatic N) is 1. The fourth-order valence-electron chi connectivity index (χ4n) is 2.63. The van der Waals surface area contributed by atoms with Gasteiger partial charge >= 0.3 is 0 Å². The highest BCUT2D eigenvalue weighted by atomic mass is 32.1. The lowest BCUT2D eigenvalue weighted by atomic mass is 9.98. The lowest BCUT2D eigenvalue weighted by molar-refractivity contribution is 0.0165. The van der Waals surface area contributed by atoms with Gasteiger partial charge in [-0.05, 0) is 39.0 Å². The van der Waals surface area contributed by atoms with Crippen molar-refractivity contribution in [2.24, 2.45) is 5.73 Å². The monoisotopic (exact) mass is 238 g/mol. The minimum atomic E-state index is -0.137. The van der Waals surface area contributed by atoms with Crippen LogP contribution < -0.4 is 5.73 Å². The molecule has 2 atom stereocenters. The molecule has 1 aromatic heterocycles. The molecule has 0 radical (unpaired) electrons. The highest BCUT2D eigenvalue weighted by Gasteiger charge is 2.36. The zero-order valence-corrected chi connectivity index (χ0v) is 10.5. The lowest BCUT2D eigenvalue weighted by Gasteiger charge is -2.19. The van der Waals surface area contributed by atoms with Gasteiger partial charge in [0.05, 0.1) is 5.69 Å². The molecule has 16 heavy (non-hydrogen) atoms. The summed E-state index contributed by atoms with van der Waals surface area (Å²) >= 11 is 1.82. The quantitative estimate of drug-likeness (QED) is 0.817. The van der Waals surface area contributed by atoms with E-state index < -0.39 is 0 Å². The van der Waals surface area contributed by atoms with Crippen LogP contribution in [-0.2, 0) is 16.8 Å². The molecular weight excluding hydrogens is 220 g/mol. The zero-order chi connectivity index (χ0) is 11.2. The molecule has 2 unspecified atom stereocenters. The molecule has 1 fully saturated rings. The fraction of sp³-hybridized carbons (Fsp3) is 0.750. The van der Waals surface area contributed by atoms with Crippen molar-refractivity contribution < 1.29 is 4.74 Å². The smallest absolute Gasteiger partial charge is 0.125 e. The molecule has 0 bridgehead atoms. The Morgan fingerprint density at radius 2 is 2.38 bits per heavy atom. The summed E-state index contributed by atoms with van der Waals surface area (Å²) in [7, 11) is 0. The molecular formula is C12H18N2OS. The predicted molar refractivity (Wildman–Crippen MR) is 64.5 cm³/mol. The molecule has 0 spiro atoms. The maximum atomic E-state index is 6.10. The molecule has 0 saturated carbocycles. The summed E-state index contributed by atoms with van der Waals surface area (Å²) < 4.78 is 5.85.